The quantitative estimate of drug-likeness (QED) is 0.168. The summed E-state index contributed by atoms with van der Waals surface area (Å²) in [6, 6.07) is 41.1. The average Bonchev–Trinajstić information content (AvgIpc) is 3.56. The maximum atomic E-state index is 2.91. The fraction of sp³-hybridized carbons (Fsp3) is 0.224. The van der Waals surface area contributed by atoms with Crippen molar-refractivity contribution in [2.24, 2.45) is 0 Å². The molecule has 6 aliphatic rings. The normalized spacial score (nSPS) is 22.9. The maximum Gasteiger partial charge on any atom is 0.0745 e. The Bertz CT molecular complexity index is 2350. The van der Waals surface area contributed by atoms with Crippen molar-refractivity contribution in [3.8, 4) is 11.1 Å². The Balaban J connectivity index is 1.22. The van der Waals surface area contributed by atoms with Gasteiger partial charge in [0.2, 0.25) is 0 Å². The van der Waals surface area contributed by atoms with Gasteiger partial charge in [0, 0.05) is 48.8 Å². The number of anilines is 1. The Morgan fingerprint density at radius 1 is 0.558 bits per heavy atom. The predicted octanol–water partition coefficient (Wildman–Crippen LogP) is 13.1. The zero-order chi connectivity index (χ0) is 34.2. The first-order valence-electron chi connectivity index (χ1n) is 19.2. The first-order valence-corrected chi connectivity index (χ1v) is 20.9. The molecule has 3 unspecified atom stereocenters. The lowest BCUT2D eigenvalue weighted by Crippen LogP contribution is -2.43. The fourth-order valence-electron chi connectivity index (χ4n) is 10.4. The van der Waals surface area contributed by atoms with Gasteiger partial charge in [-0.05, 0) is 102 Å². The number of hydrogen-bond donors (Lipinski definition) is 0. The lowest BCUT2D eigenvalue weighted by Gasteiger charge is -2.46. The van der Waals surface area contributed by atoms with Crippen LogP contribution >= 0.6 is 23.5 Å². The average molecular weight is 708 g/mol. The van der Waals surface area contributed by atoms with Gasteiger partial charge in [0.1, 0.15) is 0 Å². The van der Waals surface area contributed by atoms with Crippen LogP contribution in [0.2, 0.25) is 0 Å². The van der Waals surface area contributed by atoms with E-state index in [0.717, 1.165) is 19.3 Å². The van der Waals surface area contributed by atoms with Crippen LogP contribution in [0.25, 0.3) is 16.7 Å². The summed E-state index contributed by atoms with van der Waals surface area (Å²) in [5, 5.41) is 0. The summed E-state index contributed by atoms with van der Waals surface area (Å²) in [7, 11) is 0. The molecule has 3 aliphatic carbocycles. The van der Waals surface area contributed by atoms with Gasteiger partial charge in [-0.2, -0.15) is 0 Å². The van der Waals surface area contributed by atoms with Crippen LogP contribution in [0.4, 0.5) is 5.69 Å². The molecule has 3 atom stereocenters. The van der Waals surface area contributed by atoms with Crippen LogP contribution in [0.5, 0.6) is 0 Å². The van der Waals surface area contributed by atoms with Gasteiger partial charge in [0.25, 0.3) is 0 Å². The Hall–Kier alpha value is -4.44. The standard InChI is InChI=1S/C49H41NS2/c1-3-16-32(17-4-1)34-21-14-27-41-47(34)52-48-38(24-15-28-42(48)49(41)39-25-8-11-30-44(39)51-45-31-12-9-26-40(45)49)37-23-13-22-36-35-20-7-10-29-43(35)50(46(36)37)33-18-5-2-6-19-33/h2-3,5,7-9,11-17,20-28,30-31,33,35,43H,1,4,6,10,18-19,29H2. The molecule has 0 bridgehead atoms. The van der Waals surface area contributed by atoms with E-state index in [-0.39, 0.29) is 0 Å². The van der Waals surface area contributed by atoms with E-state index in [2.05, 4.69) is 151 Å². The minimum Gasteiger partial charge on any atom is -0.364 e. The zero-order valence-corrected chi connectivity index (χ0v) is 30.9. The minimum atomic E-state index is -0.443. The molecule has 0 amide bonds. The van der Waals surface area contributed by atoms with E-state index in [1.54, 1.807) is 0 Å². The van der Waals surface area contributed by atoms with Gasteiger partial charge in [-0.1, -0.05) is 157 Å². The van der Waals surface area contributed by atoms with Crippen LogP contribution in [0.3, 0.4) is 0 Å². The van der Waals surface area contributed by atoms with Crippen LogP contribution in [0.1, 0.15) is 84.2 Å². The second kappa shape index (κ2) is 12.3. The number of benzene rings is 5. The van der Waals surface area contributed by atoms with E-state index >= 15 is 0 Å². The molecule has 3 aliphatic heterocycles. The third kappa shape index (κ3) is 4.45. The molecule has 52 heavy (non-hydrogen) atoms. The third-order valence-corrected chi connectivity index (χ3v) is 14.9. The third-order valence-electron chi connectivity index (χ3n) is 12.5. The molecule has 1 spiro atoms. The van der Waals surface area contributed by atoms with E-state index in [4.69, 9.17) is 0 Å². The molecule has 0 N–H and O–H groups in total. The molecular weight excluding hydrogens is 667 g/mol. The van der Waals surface area contributed by atoms with Crippen molar-refractivity contribution < 1.29 is 0 Å². The van der Waals surface area contributed by atoms with Crippen LogP contribution in [0, 0.1) is 0 Å². The summed E-state index contributed by atoms with van der Waals surface area (Å²) < 4.78 is 0. The van der Waals surface area contributed by atoms with Gasteiger partial charge in [0.15, 0.2) is 0 Å². The molecular formula is C49H41NS2. The Morgan fingerprint density at radius 3 is 2.00 bits per heavy atom. The van der Waals surface area contributed by atoms with Crippen LogP contribution in [0.15, 0.2) is 165 Å². The second-order valence-electron chi connectivity index (χ2n) is 15.1. The molecule has 254 valence electrons. The largest absolute Gasteiger partial charge is 0.364 e. The van der Waals surface area contributed by atoms with Crippen LogP contribution in [-0.2, 0) is 5.41 Å². The SMILES string of the molecule is C1=CC(c2cccc3c2Sc2c(-c4cccc5c4N(C4CC=CCC4)C4CCC=CC54)cccc2C32c3ccccc3Sc3ccccc32)=CCC1. The van der Waals surface area contributed by atoms with Crippen molar-refractivity contribution >= 4 is 34.8 Å². The first kappa shape index (κ1) is 31.1. The molecule has 5 aromatic carbocycles. The highest BCUT2D eigenvalue weighted by Crippen LogP contribution is 2.64. The summed E-state index contributed by atoms with van der Waals surface area (Å²) >= 11 is 3.95. The molecule has 11 rings (SSSR count). The van der Waals surface area contributed by atoms with E-state index in [9.17, 15) is 0 Å². The molecule has 0 fully saturated rings. The number of para-hydroxylation sites is 1. The Morgan fingerprint density at radius 2 is 1.25 bits per heavy atom. The topological polar surface area (TPSA) is 3.24 Å². The smallest absolute Gasteiger partial charge is 0.0745 e. The van der Waals surface area contributed by atoms with Crippen molar-refractivity contribution in [1.82, 2.24) is 0 Å². The second-order valence-corrected chi connectivity index (χ2v) is 17.2. The van der Waals surface area contributed by atoms with Crippen molar-refractivity contribution in [2.45, 2.75) is 87.9 Å². The van der Waals surface area contributed by atoms with E-state index < -0.39 is 5.41 Å². The predicted molar refractivity (Wildman–Crippen MR) is 219 cm³/mol. The van der Waals surface area contributed by atoms with E-state index in [1.807, 2.05) is 23.5 Å². The van der Waals surface area contributed by atoms with Crippen molar-refractivity contribution in [3.63, 3.8) is 0 Å². The van der Waals surface area contributed by atoms with Crippen molar-refractivity contribution in [1.29, 1.82) is 0 Å². The van der Waals surface area contributed by atoms with Gasteiger partial charge in [0.05, 0.1) is 5.41 Å². The summed E-state index contributed by atoms with van der Waals surface area (Å²) in [5.74, 6) is 0.458. The minimum absolute atomic E-state index is 0.443. The van der Waals surface area contributed by atoms with Crippen molar-refractivity contribution in [3.05, 3.63) is 179 Å². The van der Waals surface area contributed by atoms with Gasteiger partial charge in [-0.25, -0.2) is 0 Å². The highest BCUT2D eigenvalue weighted by atomic mass is 32.2. The van der Waals surface area contributed by atoms with Crippen LogP contribution < -0.4 is 4.90 Å². The summed E-state index contributed by atoms with van der Waals surface area (Å²) in [4.78, 5) is 8.41. The summed E-state index contributed by atoms with van der Waals surface area (Å²) in [6.45, 7) is 0. The Kier molecular flexibility index (Phi) is 7.37. The molecule has 3 heteroatoms. The molecule has 0 aromatic heterocycles. The molecule has 0 radical (unpaired) electrons. The number of nitrogens with zero attached hydrogens (tertiary/aromatic N) is 1. The molecule has 1 nitrogen and oxygen atoms in total. The number of allylic oxidation sites excluding steroid dienone is 6. The fourth-order valence-corrected chi connectivity index (χ4v) is 13.0. The van der Waals surface area contributed by atoms with E-state index in [1.165, 1.54) is 101 Å². The number of rotatable bonds is 3. The highest BCUT2D eigenvalue weighted by Gasteiger charge is 2.50. The van der Waals surface area contributed by atoms with Gasteiger partial charge >= 0.3 is 0 Å². The molecule has 0 saturated carbocycles. The molecule has 3 heterocycles. The lowest BCUT2D eigenvalue weighted by molar-refractivity contribution is 0.449. The zero-order valence-electron chi connectivity index (χ0n) is 29.3. The van der Waals surface area contributed by atoms with Crippen molar-refractivity contribution in [2.75, 3.05) is 4.90 Å². The van der Waals surface area contributed by atoms with Gasteiger partial charge < -0.3 is 4.90 Å². The molecule has 0 saturated heterocycles. The first-order chi connectivity index (χ1) is 25.8. The maximum absolute atomic E-state index is 2.91. The summed E-state index contributed by atoms with van der Waals surface area (Å²) in [5.41, 5.74) is 13.7. The Labute approximate surface area is 316 Å². The lowest BCUT2D eigenvalue weighted by atomic mass is 9.63. The van der Waals surface area contributed by atoms with Gasteiger partial charge in [-0.15, -0.1) is 0 Å². The number of fused-ring (bicyclic) bond motifs is 11. The highest BCUT2D eigenvalue weighted by molar-refractivity contribution is 8.00. The monoisotopic (exact) mass is 707 g/mol. The summed E-state index contributed by atoms with van der Waals surface area (Å²) in [6.07, 6.45) is 25.1. The van der Waals surface area contributed by atoms with Gasteiger partial charge in [-0.3, -0.25) is 0 Å². The molecule has 5 aromatic rings. The van der Waals surface area contributed by atoms with E-state index in [0.29, 0.717) is 18.0 Å². The van der Waals surface area contributed by atoms with Crippen LogP contribution in [-0.4, -0.2) is 12.1 Å². The number of hydrogen-bond acceptors (Lipinski definition) is 3.